The lowest BCUT2D eigenvalue weighted by atomic mass is 10.1. The van der Waals surface area contributed by atoms with Crippen LogP contribution in [0, 0.1) is 0 Å². The van der Waals surface area contributed by atoms with E-state index in [1.807, 2.05) is 54.6 Å². The molecule has 2 N–H and O–H groups in total. The van der Waals surface area contributed by atoms with Gasteiger partial charge in [0, 0.05) is 17.0 Å². The molecule has 108 valence electrons. The third-order valence-corrected chi connectivity index (χ3v) is 3.38. The molecule has 3 heteroatoms. The fourth-order valence-corrected chi connectivity index (χ4v) is 2.30. The summed E-state index contributed by atoms with van der Waals surface area (Å²) in [6.45, 7) is 0. The Balaban J connectivity index is 0.000000131. The topological polar surface area (TPSA) is 53.4 Å². The van der Waals surface area contributed by atoms with E-state index in [4.69, 9.17) is 0 Å². The minimum absolute atomic E-state index is 0.239. The first-order chi connectivity index (χ1) is 10.8. The molecule has 1 heterocycles. The number of nitrogens with zero attached hydrogens (tertiary/aromatic N) is 1. The van der Waals surface area contributed by atoms with E-state index in [9.17, 15) is 10.2 Å². The van der Waals surface area contributed by atoms with Crippen molar-refractivity contribution in [2.45, 2.75) is 0 Å². The number of hydrogen-bond acceptors (Lipinski definition) is 3. The van der Waals surface area contributed by atoms with Crippen LogP contribution in [0.2, 0.25) is 0 Å². The van der Waals surface area contributed by atoms with Crippen molar-refractivity contribution in [2.24, 2.45) is 0 Å². The Bertz CT molecular complexity index is 831. The van der Waals surface area contributed by atoms with Crippen LogP contribution >= 0.6 is 0 Å². The van der Waals surface area contributed by atoms with Crippen LogP contribution in [0.3, 0.4) is 0 Å². The Labute approximate surface area is 128 Å². The second-order valence-corrected chi connectivity index (χ2v) is 4.85. The highest BCUT2D eigenvalue weighted by Gasteiger charge is 1.96. The molecule has 0 spiro atoms. The fourth-order valence-electron chi connectivity index (χ4n) is 2.30. The molecule has 0 aliphatic rings. The van der Waals surface area contributed by atoms with Crippen LogP contribution in [0.25, 0.3) is 21.7 Å². The van der Waals surface area contributed by atoms with Gasteiger partial charge < -0.3 is 10.2 Å². The van der Waals surface area contributed by atoms with Gasteiger partial charge in [0.05, 0.1) is 0 Å². The van der Waals surface area contributed by atoms with Crippen LogP contribution < -0.4 is 0 Å². The molecule has 0 saturated heterocycles. The van der Waals surface area contributed by atoms with Crippen LogP contribution in [0.4, 0.5) is 0 Å². The number of fused-ring (bicyclic) bond motifs is 2. The summed E-state index contributed by atoms with van der Waals surface area (Å²) in [6.07, 6.45) is 1.67. The van der Waals surface area contributed by atoms with E-state index >= 15 is 0 Å². The summed E-state index contributed by atoms with van der Waals surface area (Å²) < 4.78 is 0. The summed E-state index contributed by atoms with van der Waals surface area (Å²) in [5.74, 6) is 0.589. The van der Waals surface area contributed by atoms with Crippen LogP contribution in [-0.4, -0.2) is 15.2 Å². The van der Waals surface area contributed by atoms with E-state index < -0.39 is 0 Å². The lowest BCUT2D eigenvalue weighted by molar-refractivity contribution is 0.480. The second-order valence-electron chi connectivity index (χ2n) is 4.85. The molecule has 22 heavy (non-hydrogen) atoms. The maximum Gasteiger partial charge on any atom is 0.141 e. The van der Waals surface area contributed by atoms with Crippen molar-refractivity contribution in [3.8, 4) is 11.5 Å². The van der Waals surface area contributed by atoms with Crippen LogP contribution in [0.1, 0.15) is 0 Å². The zero-order chi connectivity index (χ0) is 15.4. The van der Waals surface area contributed by atoms with Gasteiger partial charge in [-0.15, -0.1) is 0 Å². The standard InChI is InChI=1S/C10H8O.C9H7NO/c11-10-7-3-5-8-4-1-2-6-9(8)10;11-8-5-1-3-7-4-2-6-10-9(7)8/h1-7,11H;1-6,11H. The highest BCUT2D eigenvalue weighted by Crippen LogP contribution is 2.23. The summed E-state index contributed by atoms with van der Waals surface area (Å²) in [4.78, 5) is 4.03. The molecule has 0 unspecified atom stereocenters. The number of phenols is 2. The Morgan fingerprint density at radius 1 is 0.591 bits per heavy atom. The van der Waals surface area contributed by atoms with Crippen molar-refractivity contribution in [1.29, 1.82) is 0 Å². The van der Waals surface area contributed by atoms with Crippen molar-refractivity contribution < 1.29 is 10.2 Å². The molecular formula is C19H15NO2. The second kappa shape index (κ2) is 6.14. The predicted octanol–water partition coefficient (Wildman–Crippen LogP) is 4.49. The number of benzene rings is 3. The number of phenolic OH excluding ortho intramolecular Hbond substituents is 2. The average Bonchev–Trinajstić information content (AvgIpc) is 2.57. The van der Waals surface area contributed by atoms with Gasteiger partial charge in [0.25, 0.3) is 0 Å². The van der Waals surface area contributed by atoms with E-state index in [-0.39, 0.29) is 5.75 Å². The normalized spacial score (nSPS) is 10.2. The molecule has 3 nitrogen and oxygen atoms in total. The summed E-state index contributed by atoms with van der Waals surface area (Å²) in [5.41, 5.74) is 0.662. The largest absolute Gasteiger partial charge is 0.507 e. The monoisotopic (exact) mass is 289 g/mol. The van der Waals surface area contributed by atoms with Gasteiger partial charge in [0.1, 0.15) is 17.0 Å². The van der Waals surface area contributed by atoms with E-state index in [2.05, 4.69) is 4.98 Å². The number of hydrogen-bond donors (Lipinski definition) is 2. The van der Waals surface area contributed by atoms with Crippen LogP contribution in [-0.2, 0) is 0 Å². The molecule has 0 bridgehead atoms. The van der Waals surface area contributed by atoms with E-state index in [1.54, 1.807) is 24.4 Å². The molecule has 4 rings (SSSR count). The molecule has 0 atom stereocenters. The smallest absolute Gasteiger partial charge is 0.141 e. The molecule has 3 aromatic carbocycles. The summed E-state index contributed by atoms with van der Waals surface area (Å²) in [5, 5.41) is 21.6. The number of aromatic hydroxyl groups is 2. The Kier molecular flexibility index (Phi) is 3.88. The summed E-state index contributed by atoms with van der Waals surface area (Å²) >= 11 is 0. The quantitative estimate of drug-likeness (QED) is 0.501. The van der Waals surface area contributed by atoms with Gasteiger partial charge in [-0.1, -0.05) is 54.6 Å². The van der Waals surface area contributed by atoms with Crippen molar-refractivity contribution in [1.82, 2.24) is 4.98 Å². The van der Waals surface area contributed by atoms with E-state index in [1.165, 1.54) is 0 Å². The third-order valence-electron chi connectivity index (χ3n) is 3.38. The third kappa shape index (κ3) is 2.83. The van der Waals surface area contributed by atoms with Crippen LogP contribution in [0.5, 0.6) is 11.5 Å². The highest BCUT2D eigenvalue weighted by molar-refractivity contribution is 5.87. The predicted molar refractivity (Wildman–Crippen MR) is 89.0 cm³/mol. The molecule has 1 aromatic heterocycles. The van der Waals surface area contributed by atoms with Gasteiger partial charge in [0.2, 0.25) is 0 Å². The van der Waals surface area contributed by atoms with Crippen molar-refractivity contribution in [2.75, 3.05) is 0 Å². The number of pyridine rings is 1. The van der Waals surface area contributed by atoms with Crippen molar-refractivity contribution in [3.63, 3.8) is 0 Å². The Hall–Kier alpha value is -3.07. The lowest BCUT2D eigenvalue weighted by Gasteiger charge is -1.97. The van der Waals surface area contributed by atoms with Crippen molar-refractivity contribution in [3.05, 3.63) is 79.0 Å². The molecule has 0 saturated carbocycles. The van der Waals surface area contributed by atoms with Gasteiger partial charge in [-0.2, -0.15) is 0 Å². The minimum Gasteiger partial charge on any atom is -0.507 e. The average molecular weight is 289 g/mol. The molecule has 0 amide bonds. The molecule has 0 fully saturated rings. The zero-order valence-corrected chi connectivity index (χ0v) is 11.8. The van der Waals surface area contributed by atoms with Crippen molar-refractivity contribution >= 4 is 21.7 Å². The maximum absolute atomic E-state index is 9.37. The fraction of sp³-hybridized carbons (Fsp3) is 0. The molecule has 4 aromatic rings. The van der Waals surface area contributed by atoms with Gasteiger partial charge >= 0.3 is 0 Å². The first-order valence-corrected chi connectivity index (χ1v) is 6.95. The van der Waals surface area contributed by atoms with Gasteiger partial charge in [-0.3, -0.25) is 4.98 Å². The summed E-state index contributed by atoms with van der Waals surface area (Å²) in [7, 11) is 0. The van der Waals surface area contributed by atoms with E-state index in [0.717, 1.165) is 16.2 Å². The first kappa shape index (κ1) is 13.9. The van der Waals surface area contributed by atoms with Gasteiger partial charge in [-0.25, -0.2) is 0 Å². The van der Waals surface area contributed by atoms with Crippen LogP contribution in [0.15, 0.2) is 79.0 Å². The number of para-hydroxylation sites is 1. The maximum atomic E-state index is 9.37. The number of aromatic nitrogens is 1. The lowest BCUT2D eigenvalue weighted by Crippen LogP contribution is -1.76. The highest BCUT2D eigenvalue weighted by atomic mass is 16.3. The SMILES string of the molecule is Oc1cccc2ccccc12.Oc1cccc2cccnc12. The minimum atomic E-state index is 0.239. The molecule has 0 aliphatic heterocycles. The van der Waals surface area contributed by atoms with E-state index in [0.29, 0.717) is 11.3 Å². The molecular weight excluding hydrogens is 274 g/mol. The first-order valence-electron chi connectivity index (χ1n) is 6.95. The summed E-state index contributed by atoms with van der Waals surface area (Å²) in [6, 6.07) is 22.4. The Morgan fingerprint density at radius 2 is 1.23 bits per heavy atom. The number of rotatable bonds is 0. The Morgan fingerprint density at radius 3 is 2.00 bits per heavy atom. The molecule has 0 aliphatic carbocycles. The van der Waals surface area contributed by atoms with Gasteiger partial charge in [0.15, 0.2) is 0 Å². The molecule has 0 radical (unpaired) electrons. The zero-order valence-electron chi connectivity index (χ0n) is 11.8. The van der Waals surface area contributed by atoms with Gasteiger partial charge in [-0.05, 0) is 23.6 Å².